The molecule has 0 aliphatic carbocycles. The SMILES string of the molecule is CCOc1cc(/C=C2\C(=O)NC(=S)N(c3ccc(CC)cc3)C2=O)cc(Br)c1OCc1cccc(C(=O)O)c1. The number of carbonyl (C=O) groups excluding carboxylic acids is 2. The van der Waals surface area contributed by atoms with Crippen molar-refractivity contribution in [2.45, 2.75) is 26.9 Å². The molecule has 1 aliphatic heterocycles. The first-order chi connectivity index (χ1) is 18.7. The summed E-state index contributed by atoms with van der Waals surface area (Å²) in [6.07, 6.45) is 2.33. The van der Waals surface area contributed by atoms with E-state index >= 15 is 0 Å². The molecule has 4 rings (SSSR count). The predicted octanol–water partition coefficient (Wildman–Crippen LogP) is 5.52. The van der Waals surface area contributed by atoms with E-state index in [1.807, 2.05) is 26.0 Å². The van der Waals surface area contributed by atoms with Crippen molar-refractivity contribution in [3.8, 4) is 11.5 Å². The molecule has 8 nitrogen and oxygen atoms in total. The first-order valence-corrected chi connectivity index (χ1v) is 13.3. The van der Waals surface area contributed by atoms with Gasteiger partial charge in [0.05, 0.1) is 22.3 Å². The Labute approximate surface area is 239 Å². The van der Waals surface area contributed by atoms with E-state index in [1.165, 1.54) is 23.1 Å². The van der Waals surface area contributed by atoms with Crippen LogP contribution in [-0.4, -0.2) is 34.6 Å². The first kappa shape index (κ1) is 28.0. The predicted molar refractivity (Wildman–Crippen MR) is 155 cm³/mol. The van der Waals surface area contributed by atoms with Crippen molar-refractivity contribution >= 4 is 62.8 Å². The highest BCUT2D eigenvalue weighted by Gasteiger charge is 2.34. The van der Waals surface area contributed by atoms with Crippen LogP contribution >= 0.6 is 28.1 Å². The number of carbonyl (C=O) groups is 3. The highest BCUT2D eigenvalue weighted by Crippen LogP contribution is 2.38. The summed E-state index contributed by atoms with van der Waals surface area (Å²) < 4.78 is 12.3. The summed E-state index contributed by atoms with van der Waals surface area (Å²) in [5.74, 6) is -1.37. The summed E-state index contributed by atoms with van der Waals surface area (Å²) in [7, 11) is 0. The molecule has 0 saturated carbocycles. The average molecular weight is 609 g/mol. The largest absolute Gasteiger partial charge is 0.490 e. The van der Waals surface area contributed by atoms with Gasteiger partial charge in [-0.1, -0.05) is 31.2 Å². The Balaban J connectivity index is 1.64. The summed E-state index contributed by atoms with van der Waals surface area (Å²) >= 11 is 8.80. The van der Waals surface area contributed by atoms with Gasteiger partial charge in [0.2, 0.25) is 0 Å². The molecule has 2 amide bonds. The number of benzene rings is 3. The van der Waals surface area contributed by atoms with Gasteiger partial charge < -0.3 is 14.6 Å². The molecule has 1 heterocycles. The number of aryl methyl sites for hydroxylation is 1. The molecule has 39 heavy (non-hydrogen) atoms. The van der Waals surface area contributed by atoms with Crippen LogP contribution in [0.15, 0.2) is 70.7 Å². The maximum absolute atomic E-state index is 13.4. The van der Waals surface area contributed by atoms with Gasteiger partial charge in [-0.15, -0.1) is 0 Å². The molecule has 1 aliphatic rings. The summed E-state index contributed by atoms with van der Waals surface area (Å²) in [5.41, 5.74) is 2.93. The third-order valence-electron chi connectivity index (χ3n) is 5.90. The van der Waals surface area contributed by atoms with Crippen LogP contribution in [0.25, 0.3) is 6.08 Å². The van der Waals surface area contributed by atoms with Crippen molar-refractivity contribution in [1.29, 1.82) is 0 Å². The minimum atomic E-state index is -1.02. The van der Waals surface area contributed by atoms with Crippen LogP contribution in [0.3, 0.4) is 0 Å². The number of thiocarbonyl (C=S) groups is 1. The van der Waals surface area contributed by atoms with E-state index in [2.05, 4.69) is 21.2 Å². The molecule has 1 fully saturated rings. The number of amides is 2. The minimum absolute atomic E-state index is 0.0123. The Hall–Kier alpha value is -4.02. The van der Waals surface area contributed by atoms with Crippen molar-refractivity contribution in [3.05, 3.63) is 93.0 Å². The van der Waals surface area contributed by atoms with Gasteiger partial charge in [-0.3, -0.25) is 19.8 Å². The summed E-state index contributed by atoms with van der Waals surface area (Å²) in [6.45, 7) is 4.30. The molecule has 0 spiro atoms. The lowest BCUT2D eigenvalue weighted by Gasteiger charge is -2.29. The first-order valence-electron chi connectivity index (χ1n) is 12.1. The van der Waals surface area contributed by atoms with Crippen LogP contribution in [-0.2, 0) is 22.6 Å². The second-order valence-electron chi connectivity index (χ2n) is 8.54. The normalized spacial score (nSPS) is 14.4. The van der Waals surface area contributed by atoms with Crippen molar-refractivity contribution in [1.82, 2.24) is 5.32 Å². The van der Waals surface area contributed by atoms with E-state index in [0.29, 0.717) is 39.4 Å². The fourth-order valence-corrected chi connectivity index (χ4v) is 4.82. The Kier molecular flexibility index (Phi) is 8.78. The van der Waals surface area contributed by atoms with Gasteiger partial charge >= 0.3 is 5.97 Å². The standard InChI is InChI=1S/C29H25BrN2O6S/c1-3-17-8-10-21(11-9-17)32-27(34)22(26(33)31-29(32)39)13-19-14-23(30)25(24(15-19)37-4-2)38-16-18-6-5-7-20(12-18)28(35)36/h5-15H,3-4,16H2,1-2H3,(H,35,36)(H,31,33,39)/b22-13+. The number of hydrogen-bond acceptors (Lipinski definition) is 6. The molecular formula is C29H25BrN2O6S. The number of hydrogen-bond donors (Lipinski definition) is 2. The molecule has 0 atom stereocenters. The van der Waals surface area contributed by atoms with Crippen molar-refractivity contribution < 1.29 is 29.0 Å². The lowest BCUT2D eigenvalue weighted by molar-refractivity contribution is -0.122. The Bertz CT molecular complexity index is 1490. The van der Waals surface area contributed by atoms with E-state index in [9.17, 15) is 19.5 Å². The van der Waals surface area contributed by atoms with Gasteiger partial charge in [-0.05, 0) is 101 Å². The number of halogens is 1. The van der Waals surface area contributed by atoms with E-state index in [4.69, 9.17) is 21.7 Å². The molecule has 3 aromatic carbocycles. The van der Waals surface area contributed by atoms with Crippen LogP contribution in [0.2, 0.25) is 0 Å². The lowest BCUT2D eigenvalue weighted by atomic mass is 10.1. The fraction of sp³-hybridized carbons (Fsp3) is 0.172. The Morgan fingerprint density at radius 1 is 1.05 bits per heavy atom. The molecule has 200 valence electrons. The summed E-state index contributed by atoms with van der Waals surface area (Å²) in [5, 5.41) is 11.8. The zero-order valence-corrected chi connectivity index (χ0v) is 23.6. The van der Waals surface area contributed by atoms with Gasteiger partial charge in [-0.25, -0.2) is 4.79 Å². The fourth-order valence-electron chi connectivity index (χ4n) is 3.96. The Morgan fingerprint density at radius 2 is 1.79 bits per heavy atom. The maximum atomic E-state index is 13.4. The highest BCUT2D eigenvalue weighted by molar-refractivity contribution is 9.10. The molecule has 0 bridgehead atoms. The van der Waals surface area contributed by atoms with Gasteiger partial charge in [0.25, 0.3) is 11.8 Å². The lowest BCUT2D eigenvalue weighted by Crippen LogP contribution is -2.54. The zero-order valence-electron chi connectivity index (χ0n) is 21.2. The van der Waals surface area contributed by atoms with Gasteiger partial charge in [0, 0.05) is 0 Å². The monoisotopic (exact) mass is 608 g/mol. The molecule has 1 saturated heterocycles. The third-order valence-corrected chi connectivity index (χ3v) is 6.78. The molecule has 0 aromatic heterocycles. The maximum Gasteiger partial charge on any atom is 0.335 e. The number of nitrogens with one attached hydrogen (secondary N) is 1. The van der Waals surface area contributed by atoms with Gasteiger partial charge in [0.1, 0.15) is 12.2 Å². The second-order valence-corrected chi connectivity index (χ2v) is 9.78. The van der Waals surface area contributed by atoms with Crippen LogP contribution in [0.5, 0.6) is 11.5 Å². The van der Waals surface area contributed by atoms with E-state index in [-0.39, 0.29) is 22.9 Å². The Morgan fingerprint density at radius 3 is 2.46 bits per heavy atom. The minimum Gasteiger partial charge on any atom is -0.490 e. The summed E-state index contributed by atoms with van der Waals surface area (Å²) in [4.78, 5) is 38.7. The highest BCUT2D eigenvalue weighted by atomic mass is 79.9. The van der Waals surface area contributed by atoms with Gasteiger partial charge in [-0.2, -0.15) is 0 Å². The number of aromatic carboxylic acids is 1. The van der Waals surface area contributed by atoms with Gasteiger partial charge in [0.15, 0.2) is 16.6 Å². The molecule has 10 heteroatoms. The topological polar surface area (TPSA) is 105 Å². The molecule has 3 aromatic rings. The molecule has 0 unspecified atom stereocenters. The quantitative estimate of drug-likeness (QED) is 0.187. The molecule has 2 N–H and O–H groups in total. The number of rotatable bonds is 9. The second kappa shape index (κ2) is 12.2. The van der Waals surface area contributed by atoms with E-state index in [1.54, 1.807) is 36.4 Å². The van der Waals surface area contributed by atoms with E-state index in [0.717, 1.165) is 12.0 Å². The third kappa shape index (κ3) is 6.35. The van der Waals surface area contributed by atoms with Crippen molar-refractivity contribution in [2.24, 2.45) is 0 Å². The number of ether oxygens (including phenoxy) is 2. The van der Waals surface area contributed by atoms with Crippen LogP contribution in [0.1, 0.15) is 40.9 Å². The number of carboxylic acid groups (broad SMARTS) is 1. The van der Waals surface area contributed by atoms with E-state index < -0.39 is 17.8 Å². The smallest absolute Gasteiger partial charge is 0.335 e. The average Bonchev–Trinajstić information content (AvgIpc) is 2.91. The number of anilines is 1. The zero-order chi connectivity index (χ0) is 28.1. The van der Waals surface area contributed by atoms with Crippen LogP contribution in [0.4, 0.5) is 5.69 Å². The number of nitrogens with zero attached hydrogens (tertiary/aromatic N) is 1. The van der Waals surface area contributed by atoms with Crippen molar-refractivity contribution in [2.75, 3.05) is 11.5 Å². The number of carboxylic acids is 1. The van der Waals surface area contributed by atoms with Crippen molar-refractivity contribution in [3.63, 3.8) is 0 Å². The molecule has 0 radical (unpaired) electrons. The summed E-state index contributed by atoms with van der Waals surface area (Å²) in [6, 6.07) is 17.2. The van der Waals surface area contributed by atoms with Crippen LogP contribution in [0, 0.1) is 0 Å². The molecular weight excluding hydrogens is 584 g/mol. The van der Waals surface area contributed by atoms with Crippen LogP contribution < -0.4 is 19.7 Å².